The van der Waals surface area contributed by atoms with E-state index >= 15 is 0 Å². The molecule has 2 amide bonds. The van der Waals surface area contributed by atoms with E-state index in [1.54, 1.807) is 24.3 Å². The number of aliphatic hydroxyl groups excluding tert-OH is 1. The Morgan fingerprint density at radius 1 is 1.20 bits per heavy atom. The van der Waals surface area contributed by atoms with Crippen molar-refractivity contribution in [2.24, 2.45) is 5.41 Å². The summed E-state index contributed by atoms with van der Waals surface area (Å²) in [5.41, 5.74) is 0.776. The van der Waals surface area contributed by atoms with Gasteiger partial charge in [-0.25, -0.2) is 4.90 Å². The van der Waals surface area contributed by atoms with Crippen LogP contribution in [0.1, 0.15) is 32.3 Å². The normalized spacial score (nSPS) is 17.6. The molecular formula is C16H17NO3. The molecule has 4 heteroatoms. The molecule has 1 heterocycles. The van der Waals surface area contributed by atoms with Crippen LogP contribution >= 0.6 is 0 Å². The molecule has 1 saturated heterocycles. The molecule has 1 aliphatic heterocycles. The van der Waals surface area contributed by atoms with E-state index in [2.05, 4.69) is 11.8 Å². The van der Waals surface area contributed by atoms with Crippen molar-refractivity contribution in [2.45, 2.75) is 26.7 Å². The van der Waals surface area contributed by atoms with Crippen LogP contribution in [0.4, 0.5) is 5.69 Å². The minimum atomic E-state index is -0.295. The Balaban J connectivity index is 2.41. The van der Waals surface area contributed by atoms with Gasteiger partial charge in [-0.15, -0.1) is 0 Å². The van der Waals surface area contributed by atoms with Crippen LogP contribution in [0.25, 0.3) is 0 Å². The molecule has 0 aliphatic carbocycles. The zero-order chi connectivity index (χ0) is 14.8. The number of hydrogen-bond donors (Lipinski definition) is 1. The van der Waals surface area contributed by atoms with Crippen LogP contribution in [0.2, 0.25) is 0 Å². The Bertz CT molecular complexity index is 588. The van der Waals surface area contributed by atoms with E-state index < -0.39 is 0 Å². The van der Waals surface area contributed by atoms with E-state index in [0.29, 0.717) is 24.1 Å². The molecular weight excluding hydrogens is 254 g/mol. The molecule has 104 valence electrons. The van der Waals surface area contributed by atoms with Crippen LogP contribution in [-0.2, 0) is 9.59 Å². The Labute approximate surface area is 118 Å². The van der Waals surface area contributed by atoms with Gasteiger partial charge in [-0.2, -0.15) is 0 Å². The van der Waals surface area contributed by atoms with Crippen LogP contribution < -0.4 is 4.90 Å². The first kappa shape index (κ1) is 14.3. The van der Waals surface area contributed by atoms with Gasteiger partial charge in [0.05, 0.1) is 5.69 Å². The van der Waals surface area contributed by atoms with Crippen molar-refractivity contribution in [3.63, 3.8) is 0 Å². The Morgan fingerprint density at radius 3 is 2.40 bits per heavy atom. The molecule has 0 unspecified atom stereocenters. The SMILES string of the molecule is CC1(C)CC(=O)N(c2ccccc2C#CCO)C(=O)C1. The number of nitrogens with zero attached hydrogens (tertiary/aromatic N) is 1. The van der Waals surface area contributed by atoms with Crippen LogP contribution in [0.15, 0.2) is 24.3 Å². The maximum atomic E-state index is 12.3. The predicted molar refractivity (Wildman–Crippen MR) is 75.9 cm³/mol. The Hall–Kier alpha value is -2.12. The van der Waals surface area contributed by atoms with Gasteiger partial charge in [0.1, 0.15) is 6.61 Å². The average molecular weight is 271 g/mol. The number of imide groups is 1. The summed E-state index contributed by atoms with van der Waals surface area (Å²) in [7, 11) is 0. The van der Waals surface area contributed by atoms with Gasteiger partial charge < -0.3 is 5.11 Å². The van der Waals surface area contributed by atoms with Gasteiger partial charge in [-0.3, -0.25) is 9.59 Å². The number of amides is 2. The van der Waals surface area contributed by atoms with Gasteiger partial charge >= 0.3 is 0 Å². The highest BCUT2D eigenvalue weighted by Crippen LogP contribution is 2.34. The van der Waals surface area contributed by atoms with Gasteiger partial charge in [0, 0.05) is 18.4 Å². The fourth-order valence-electron chi connectivity index (χ4n) is 2.36. The van der Waals surface area contributed by atoms with Gasteiger partial charge in [0.2, 0.25) is 11.8 Å². The lowest BCUT2D eigenvalue weighted by atomic mass is 9.81. The standard InChI is InChI=1S/C16H17NO3/c1-16(2)10-14(19)17(15(20)11-16)13-8-4-3-6-12(13)7-5-9-18/h3-4,6,8,18H,9-11H2,1-2H3. The number of anilines is 1. The van der Waals surface area contributed by atoms with Crippen molar-refractivity contribution in [3.05, 3.63) is 29.8 Å². The van der Waals surface area contributed by atoms with E-state index in [1.807, 2.05) is 13.8 Å². The molecule has 20 heavy (non-hydrogen) atoms. The fourth-order valence-corrected chi connectivity index (χ4v) is 2.36. The lowest BCUT2D eigenvalue weighted by Crippen LogP contribution is -2.46. The maximum absolute atomic E-state index is 12.3. The number of piperidine rings is 1. The van der Waals surface area contributed by atoms with E-state index in [4.69, 9.17) is 5.11 Å². The molecule has 1 fully saturated rings. The Morgan fingerprint density at radius 2 is 1.80 bits per heavy atom. The highest BCUT2D eigenvalue weighted by atomic mass is 16.2. The number of benzene rings is 1. The van der Waals surface area contributed by atoms with Crippen molar-refractivity contribution in [1.29, 1.82) is 0 Å². The number of carbonyl (C=O) groups excluding carboxylic acids is 2. The second-order valence-corrected chi connectivity index (χ2v) is 5.62. The lowest BCUT2D eigenvalue weighted by molar-refractivity contribution is -0.132. The topological polar surface area (TPSA) is 57.6 Å². The van der Waals surface area contributed by atoms with Crippen LogP contribution in [0.5, 0.6) is 0 Å². The maximum Gasteiger partial charge on any atom is 0.234 e. The Kier molecular flexibility index (Phi) is 3.91. The first-order chi connectivity index (χ1) is 9.44. The van der Waals surface area contributed by atoms with Crippen molar-refractivity contribution in [2.75, 3.05) is 11.5 Å². The van der Waals surface area contributed by atoms with E-state index in [1.165, 1.54) is 4.90 Å². The third-order valence-electron chi connectivity index (χ3n) is 3.21. The number of rotatable bonds is 1. The molecule has 2 rings (SSSR count). The second-order valence-electron chi connectivity index (χ2n) is 5.62. The largest absolute Gasteiger partial charge is 0.384 e. The summed E-state index contributed by atoms with van der Waals surface area (Å²) < 4.78 is 0. The molecule has 0 saturated carbocycles. The molecule has 0 radical (unpaired) electrons. The van der Waals surface area contributed by atoms with E-state index in [-0.39, 0.29) is 23.8 Å². The quantitative estimate of drug-likeness (QED) is 0.625. The summed E-state index contributed by atoms with van der Waals surface area (Å²) in [6.45, 7) is 3.57. The summed E-state index contributed by atoms with van der Waals surface area (Å²) in [5.74, 6) is 4.91. The third-order valence-corrected chi connectivity index (χ3v) is 3.21. The molecule has 0 atom stereocenters. The van der Waals surface area contributed by atoms with Gasteiger partial charge in [0.25, 0.3) is 0 Å². The lowest BCUT2D eigenvalue weighted by Gasteiger charge is -2.35. The summed E-state index contributed by atoms with van der Waals surface area (Å²) in [6, 6.07) is 6.99. The number of hydrogen-bond acceptors (Lipinski definition) is 3. The number of aliphatic hydroxyl groups is 1. The van der Waals surface area contributed by atoms with Gasteiger partial charge in [-0.05, 0) is 17.5 Å². The highest BCUT2D eigenvalue weighted by Gasteiger charge is 2.38. The smallest absolute Gasteiger partial charge is 0.234 e. The molecule has 4 nitrogen and oxygen atoms in total. The van der Waals surface area contributed by atoms with E-state index in [9.17, 15) is 9.59 Å². The fraction of sp³-hybridized carbons (Fsp3) is 0.375. The number of para-hydroxylation sites is 1. The summed E-state index contributed by atoms with van der Waals surface area (Å²) in [5, 5.41) is 8.78. The summed E-state index contributed by atoms with van der Waals surface area (Å²) >= 11 is 0. The predicted octanol–water partition coefficient (Wildman–Crippen LogP) is 1.71. The third kappa shape index (κ3) is 2.89. The molecule has 0 spiro atoms. The first-order valence-electron chi connectivity index (χ1n) is 6.49. The minimum Gasteiger partial charge on any atom is -0.384 e. The summed E-state index contributed by atoms with van der Waals surface area (Å²) in [6.07, 6.45) is 0.668. The average Bonchev–Trinajstić information content (AvgIpc) is 2.35. The highest BCUT2D eigenvalue weighted by molar-refractivity contribution is 6.17. The van der Waals surface area contributed by atoms with Crippen LogP contribution in [-0.4, -0.2) is 23.5 Å². The molecule has 1 aromatic carbocycles. The zero-order valence-corrected chi connectivity index (χ0v) is 11.6. The summed E-state index contributed by atoms with van der Waals surface area (Å²) in [4.78, 5) is 25.7. The van der Waals surface area contributed by atoms with Gasteiger partial charge in [0.15, 0.2) is 0 Å². The molecule has 1 aromatic rings. The van der Waals surface area contributed by atoms with Crippen LogP contribution in [0.3, 0.4) is 0 Å². The zero-order valence-electron chi connectivity index (χ0n) is 11.6. The van der Waals surface area contributed by atoms with Crippen molar-refractivity contribution >= 4 is 17.5 Å². The second kappa shape index (κ2) is 5.48. The van der Waals surface area contributed by atoms with E-state index in [0.717, 1.165) is 0 Å². The first-order valence-corrected chi connectivity index (χ1v) is 6.49. The van der Waals surface area contributed by atoms with Crippen LogP contribution in [0, 0.1) is 17.3 Å². The van der Waals surface area contributed by atoms with Crippen molar-refractivity contribution < 1.29 is 14.7 Å². The van der Waals surface area contributed by atoms with Crippen molar-refractivity contribution in [1.82, 2.24) is 0 Å². The number of carbonyl (C=O) groups is 2. The molecule has 0 bridgehead atoms. The molecule has 1 N–H and O–H groups in total. The van der Waals surface area contributed by atoms with Gasteiger partial charge in [-0.1, -0.05) is 37.8 Å². The minimum absolute atomic E-state index is 0.204. The molecule has 0 aromatic heterocycles. The molecule has 1 aliphatic rings. The monoisotopic (exact) mass is 271 g/mol. The van der Waals surface area contributed by atoms with Crippen molar-refractivity contribution in [3.8, 4) is 11.8 Å².